The maximum absolute atomic E-state index is 10.6. The maximum Gasteiger partial charge on any atom is 0.128 e. The van der Waals surface area contributed by atoms with Gasteiger partial charge in [0.15, 0.2) is 0 Å². The normalized spacial score (nSPS) is 33.2. The van der Waals surface area contributed by atoms with Crippen LogP contribution in [0.25, 0.3) is 0 Å². The molecule has 3 aliphatic rings. The van der Waals surface area contributed by atoms with E-state index in [0.29, 0.717) is 0 Å². The third-order valence-electron chi connectivity index (χ3n) is 5.51. The van der Waals surface area contributed by atoms with Crippen LogP contribution in [0.2, 0.25) is 0 Å². The van der Waals surface area contributed by atoms with Gasteiger partial charge in [-0.05, 0) is 49.0 Å². The van der Waals surface area contributed by atoms with Gasteiger partial charge in [0, 0.05) is 12.0 Å². The summed E-state index contributed by atoms with van der Waals surface area (Å²) in [6, 6.07) is 6.23. The Morgan fingerprint density at radius 1 is 1.26 bits per heavy atom. The molecule has 1 aromatic carbocycles. The summed E-state index contributed by atoms with van der Waals surface area (Å²) >= 11 is 0. The summed E-state index contributed by atoms with van der Waals surface area (Å²) in [6.45, 7) is 0.771. The molecule has 2 heteroatoms. The fourth-order valence-corrected chi connectivity index (χ4v) is 4.58. The Kier molecular flexibility index (Phi) is 2.80. The molecule has 1 heterocycles. The minimum atomic E-state index is -0.336. The molecule has 0 aromatic heterocycles. The van der Waals surface area contributed by atoms with Gasteiger partial charge in [0.2, 0.25) is 0 Å². The van der Waals surface area contributed by atoms with Gasteiger partial charge in [0.1, 0.15) is 5.75 Å². The largest absolute Gasteiger partial charge is 0.493 e. The van der Waals surface area contributed by atoms with E-state index < -0.39 is 0 Å². The first-order valence-corrected chi connectivity index (χ1v) is 7.74. The van der Waals surface area contributed by atoms with E-state index in [4.69, 9.17) is 4.74 Å². The summed E-state index contributed by atoms with van der Waals surface area (Å²) < 4.78 is 5.72. The van der Waals surface area contributed by atoms with Crippen molar-refractivity contribution >= 4 is 0 Å². The number of rotatable bonds is 3. The lowest BCUT2D eigenvalue weighted by Gasteiger charge is -2.25. The van der Waals surface area contributed by atoms with E-state index in [-0.39, 0.29) is 6.10 Å². The van der Waals surface area contributed by atoms with Crippen molar-refractivity contribution in [2.75, 3.05) is 6.61 Å². The lowest BCUT2D eigenvalue weighted by molar-refractivity contribution is 0.122. The van der Waals surface area contributed by atoms with Crippen LogP contribution >= 0.6 is 0 Å². The van der Waals surface area contributed by atoms with Gasteiger partial charge in [0.25, 0.3) is 0 Å². The molecular weight excluding hydrogens is 236 g/mol. The molecule has 0 radical (unpaired) electrons. The van der Waals surface area contributed by atoms with Crippen molar-refractivity contribution in [3.8, 4) is 5.75 Å². The number of benzene rings is 1. The summed E-state index contributed by atoms with van der Waals surface area (Å²) in [7, 11) is 0. The van der Waals surface area contributed by atoms with E-state index in [2.05, 4.69) is 12.1 Å². The van der Waals surface area contributed by atoms with E-state index in [1.54, 1.807) is 0 Å². The molecule has 4 unspecified atom stereocenters. The molecule has 1 aliphatic heterocycles. The van der Waals surface area contributed by atoms with Gasteiger partial charge >= 0.3 is 0 Å². The molecule has 0 amide bonds. The van der Waals surface area contributed by atoms with Crippen molar-refractivity contribution in [3.05, 3.63) is 29.3 Å². The van der Waals surface area contributed by atoms with E-state index in [0.717, 1.165) is 48.5 Å². The van der Waals surface area contributed by atoms with E-state index >= 15 is 0 Å². The molecule has 0 spiro atoms. The standard InChI is InChI=1S/C17H22O2/c18-16(10-14-9-11-4-5-13(14)8-11)15-3-1-2-12-6-7-19-17(12)15/h1-3,11,13-14,16,18H,4-10H2. The molecule has 4 rings (SSSR count). The molecule has 1 aromatic rings. The Labute approximate surface area is 114 Å². The van der Waals surface area contributed by atoms with Crippen LogP contribution in [0.15, 0.2) is 18.2 Å². The van der Waals surface area contributed by atoms with Gasteiger partial charge in [0.05, 0.1) is 12.7 Å². The third kappa shape index (κ3) is 1.97. The predicted octanol–water partition coefficient (Wildman–Crippen LogP) is 3.48. The van der Waals surface area contributed by atoms with Gasteiger partial charge in [-0.1, -0.05) is 24.6 Å². The molecule has 2 nitrogen and oxygen atoms in total. The Morgan fingerprint density at radius 3 is 3.00 bits per heavy atom. The van der Waals surface area contributed by atoms with Crippen LogP contribution in [0, 0.1) is 17.8 Å². The van der Waals surface area contributed by atoms with Crippen LogP contribution in [0.5, 0.6) is 5.75 Å². The molecule has 2 fully saturated rings. The van der Waals surface area contributed by atoms with Crippen molar-refractivity contribution in [2.24, 2.45) is 17.8 Å². The molecule has 19 heavy (non-hydrogen) atoms. The quantitative estimate of drug-likeness (QED) is 0.899. The van der Waals surface area contributed by atoms with Crippen molar-refractivity contribution < 1.29 is 9.84 Å². The molecule has 102 valence electrons. The minimum Gasteiger partial charge on any atom is -0.493 e. The Bertz CT molecular complexity index is 482. The molecular formula is C17H22O2. The second kappa shape index (κ2) is 4.52. The van der Waals surface area contributed by atoms with Crippen molar-refractivity contribution in [3.63, 3.8) is 0 Å². The van der Waals surface area contributed by atoms with Gasteiger partial charge in [-0.2, -0.15) is 0 Å². The molecule has 1 N–H and O–H groups in total. The first kappa shape index (κ1) is 11.8. The molecule has 2 bridgehead atoms. The number of fused-ring (bicyclic) bond motifs is 3. The van der Waals surface area contributed by atoms with Crippen LogP contribution in [-0.4, -0.2) is 11.7 Å². The number of ether oxygens (including phenoxy) is 1. The summed E-state index contributed by atoms with van der Waals surface area (Å²) in [5.41, 5.74) is 2.29. The Hall–Kier alpha value is -1.02. The zero-order valence-electron chi connectivity index (χ0n) is 11.3. The number of hydrogen-bond acceptors (Lipinski definition) is 2. The summed E-state index contributed by atoms with van der Waals surface area (Å²) in [4.78, 5) is 0. The van der Waals surface area contributed by atoms with Crippen LogP contribution in [0.4, 0.5) is 0 Å². The van der Waals surface area contributed by atoms with Gasteiger partial charge in [-0.3, -0.25) is 0 Å². The lowest BCUT2D eigenvalue weighted by atomic mass is 9.83. The van der Waals surface area contributed by atoms with Gasteiger partial charge in [-0.25, -0.2) is 0 Å². The molecule has 4 atom stereocenters. The predicted molar refractivity (Wildman–Crippen MR) is 74.2 cm³/mol. The lowest BCUT2D eigenvalue weighted by Crippen LogP contribution is -2.14. The van der Waals surface area contributed by atoms with Crippen LogP contribution in [0.3, 0.4) is 0 Å². The molecule has 2 saturated carbocycles. The number of para-hydroxylation sites is 1. The number of aliphatic hydroxyl groups excluding tert-OH is 1. The van der Waals surface area contributed by atoms with E-state index in [9.17, 15) is 5.11 Å². The molecule has 2 aliphatic carbocycles. The van der Waals surface area contributed by atoms with Crippen molar-refractivity contribution in [2.45, 2.75) is 44.6 Å². The van der Waals surface area contributed by atoms with E-state index in [1.807, 2.05) is 6.07 Å². The van der Waals surface area contributed by atoms with Gasteiger partial charge in [-0.15, -0.1) is 0 Å². The second-order valence-corrected chi connectivity index (χ2v) is 6.62. The highest BCUT2D eigenvalue weighted by Crippen LogP contribution is 2.51. The highest BCUT2D eigenvalue weighted by Gasteiger charge is 2.40. The number of aliphatic hydroxyl groups is 1. The zero-order valence-corrected chi connectivity index (χ0v) is 11.3. The summed E-state index contributed by atoms with van der Waals surface area (Å²) in [5.74, 6) is 3.56. The average Bonchev–Trinajstić information content (AvgIpc) is 3.13. The monoisotopic (exact) mass is 258 g/mol. The number of hydrogen-bond donors (Lipinski definition) is 1. The van der Waals surface area contributed by atoms with Gasteiger partial charge < -0.3 is 9.84 Å². The maximum atomic E-state index is 10.6. The van der Waals surface area contributed by atoms with E-state index in [1.165, 1.54) is 31.2 Å². The molecule has 0 saturated heterocycles. The smallest absolute Gasteiger partial charge is 0.128 e. The van der Waals surface area contributed by atoms with Crippen LogP contribution < -0.4 is 4.74 Å². The minimum absolute atomic E-state index is 0.336. The van der Waals surface area contributed by atoms with Crippen LogP contribution in [-0.2, 0) is 6.42 Å². The highest BCUT2D eigenvalue weighted by molar-refractivity contribution is 5.45. The Balaban J connectivity index is 1.52. The zero-order chi connectivity index (χ0) is 12.8. The first-order valence-electron chi connectivity index (χ1n) is 7.74. The SMILES string of the molecule is OC(CC1CC2CCC1C2)c1cccc2c1OCC2. The fraction of sp³-hybridized carbons (Fsp3) is 0.647. The third-order valence-corrected chi connectivity index (χ3v) is 5.51. The first-order chi connectivity index (χ1) is 9.31. The Morgan fingerprint density at radius 2 is 2.21 bits per heavy atom. The fourth-order valence-electron chi connectivity index (χ4n) is 4.58. The summed E-state index contributed by atoms with van der Waals surface area (Å²) in [6.07, 6.45) is 7.17. The average molecular weight is 258 g/mol. The van der Waals surface area contributed by atoms with Crippen LogP contribution in [0.1, 0.15) is 49.3 Å². The second-order valence-electron chi connectivity index (χ2n) is 6.62. The summed E-state index contributed by atoms with van der Waals surface area (Å²) in [5, 5.41) is 10.6. The van der Waals surface area contributed by atoms with Crippen molar-refractivity contribution in [1.29, 1.82) is 0 Å². The topological polar surface area (TPSA) is 29.5 Å². The highest BCUT2D eigenvalue weighted by atomic mass is 16.5. The van der Waals surface area contributed by atoms with Crippen molar-refractivity contribution in [1.82, 2.24) is 0 Å².